The molecular formula is C21H20N4O2S. The van der Waals surface area contributed by atoms with E-state index in [1.807, 2.05) is 47.8 Å². The molecule has 0 spiro atoms. The van der Waals surface area contributed by atoms with E-state index in [0.717, 1.165) is 22.8 Å². The van der Waals surface area contributed by atoms with Crippen LogP contribution in [0.2, 0.25) is 0 Å². The lowest BCUT2D eigenvalue weighted by Crippen LogP contribution is -2.27. The Labute approximate surface area is 167 Å². The molecule has 0 aliphatic carbocycles. The molecule has 1 fully saturated rings. The number of hydrogen-bond donors (Lipinski definition) is 2. The third kappa shape index (κ3) is 4.37. The van der Waals surface area contributed by atoms with Crippen molar-refractivity contribution >= 4 is 34.6 Å². The Hall–Kier alpha value is -3.19. The van der Waals surface area contributed by atoms with Crippen molar-refractivity contribution in [3.8, 4) is 0 Å². The minimum atomic E-state index is -0.125. The van der Waals surface area contributed by atoms with Gasteiger partial charge in [0, 0.05) is 36.3 Å². The van der Waals surface area contributed by atoms with E-state index < -0.39 is 0 Å². The molecule has 1 aliphatic heterocycles. The van der Waals surface area contributed by atoms with E-state index in [1.165, 1.54) is 5.56 Å². The molecule has 28 heavy (non-hydrogen) atoms. The van der Waals surface area contributed by atoms with Crippen molar-refractivity contribution in [1.29, 1.82) is 0 Å². The molecule has 0 unspecified atom stereocenters. The van der Waals surface area contributed by atoms with Gasteiger partial charge in [-0.3, -0.25) is 9.69 Å². The van der Waals surface area contributed by atoms with Gasteiger partial charge in [0.25, 0.3) is 0 Å². The maximum atomic E-state index is 12.4. The first-order valence-electron chi connectivity index (χ1n) is 9.10. The van der Waals surface area contributed by atoms with E-state index in [1.54, 1.807) is 16.2 Å². The van der Waals surface area contributed by atoms with E-state index in [9.17, 15) is 9.59 Å². The van der Waals surface area contributed by atoms with E-state index in [2.05, 4.69) is 27.8 Å². The average molecular weight is 392 g/mol. The van der Waals surface area contributed by atoms with Crippen LogP contribution in [0.4, 0.5) is 16.2 Å². The summed E-state index contributed by atoms with van der Waals surface area (Å²) < 4.78 is 0. The van der Waals surface area contributed by atoms with Gasteiger partial charge in [0.15, 0.2) is 0 Å². The fraction of sp³-hybridized carbons (Fsp3) is 0.190. The molecule has 0 atom stereocenters. The number of benzene rings is 2. The summed E-state index contributed by atoms with van der Waals surface area (Å²) in [5, 5.41) is 8.60. The van der Waals surface area contributed by atoms with E-state index in [-0.39, 0.29) is 18.4 Å². The summed E-state index contributed by atoms with van der Waals surface area (Å²) in [5.74, 6) is -0.125. The van der Waals surface area contributed by atoms with E-state index in [0.29, 0.717) is 18.8 Å². The number of thiazole rings is 1. The SMILES string of the molecule is O=C(Cc1csc(Cc2ccccc2)n1)Nc1cccc(N2CCNC2=O)c1. The molecular weight excluding hydrogens is 372 g/mol. The largest absolute Gasteiger partial charge is 0.336 e. The van der Waals surface area contributed by atoms with Crippen LogP contribution in [0, 0.1) is 0 Å². The Morgan fingerprint density at radius 1 is 1.18 bits per heavy atom. The lowest BCUT2D eigenvalue weighted by Gasteiger charge is -2.15. The van der Waals surface area contributed by atoms with Gasteiger partial charge in [0.1, 0.15) is 0 Å². The van der Waals surface area contributed by atoms with E-state index in [4.69, 9.17) is 0 Å². The van der Waals surface area contributed by atoms with Crippen LogP contribution >= 0.6 is 11.3 Å². The number of nitrogens with zero attached hydrogens (tertiary/aromatic N) is 2. The highest BCUT2D eigenvalue weighted by molar-refractivity contribution is 7.09. The minimum absolute atomic E-state index is 0.114. The van der Waals surface area contributed by atoms with E-state index >= 15 is 0 Å². The van der Waals surface area contributed by atoms with Gasteiger partial charge in [-0.05, 0) is 23.8 Å². The fourth-order valence-electron chi connectivity index (χ4n) is 3.12. The third-order valence-corrected chi connectivity index (χ3v) is 5.34. The van der Waals surface area contributed by atoms with Crippen LogP contribution in [0.25, 0.3) is 0 Å². The second-order valence-corrected chi connectivity index (χ2v) is 7.50. The van der Waals surface area contributed by atoms with Crippen molar-refractivity contribution in [2.24, 2.45) is 0 Å². The zero-order valence-corrected chi connectivity index (χ0v) is 16.0. The highest BCUT2D eigenvalue weighted by Crippen LogP contribution is 2.21. The maximum Gasteiger partial charge on any atom is 0.321 e. The fourth-order valence-corrected chi connectivity index (χ4v) is 3.95. The molecule has 2 N–H and O–H groups in total. The molecule has 6 nitrogen and oxygen atoms in total. The molecule has 2 aromatic carbocycles. The van der Waals surface area contributed by atoms with Crippen molar-refractivity contribution in [1.82, 2.24) is 10.3 Å². The van der Waals surface area contributed by atoms with Crippen molar-refractivity contribution in [2.75, 3.05) is 23.3 Å². The van der Waals surface area contributed by atoms with Crippen molar-refractivity contribution < 1.29 is 9.59 Å². The van der Waals surface area contributed by atoms with Crippen LogP contribution in [-0.4, -0.2) is 30.0 Å². The van der Waals surface area contributed by atoms with Gasteiger partial charge in [0.2, 0.25) is 5.91 Å². The van der Waals surface area contributed by atoms with Crippen molar-refractivity contribution in [3.05, 3.63) is 76.2 Å². The van der Waals surface area contributed by atoms with Gasteiger partial charge in [-0.2, -0.15) is 0 Å². The van der Waals surface area contributed by atoms with Crippen LogP contribution in [-0.2, 0) is 17.6 Å². The Bertz CT molecular complexity index is 987. The average Bonchev–Trinajstić information content (AvgIpc) is 3.31. The molecule has 7 heteroatoms. The molecule has 4 rings (SSSR count). The highest BCUT2D eigenvalue weighted by Gasteiger charge is 2.21. The number of rotatable bonds is 6. The number of carbonyl (C=O) groups excluding carboxylic acids is 2. The molecule has 142 valence electrons. The number of hydrogen-bond acceptors (Lipinski definition) is 4. The lowest BCUT2D eigenvalue weighted by molar-refractivity contribution is -0.115. The van der Waals surface area contributed by atoms with Gasteiger partial charge in [-0.15, -0.1) is 11.3 Å². The molecule has 0 saturated carbocycles. The summed E-state index contributed by atoms with van der Waals surface area (Å²) in [6.45, 7) is 1.25. The summed E-state index contributed by atoms with van der Waals surface area (Å²) in [6.07, 6.45) is 0.993. The number of nitrogens with one attached hydrogen (secondary N) is 2. The predicted octanol–water partition coefficient (Wildman–Crippen LogP) is 3.44. The normalized spacial score (nSPS) is 13.4. The second kappa shape index (κ2) is 8.22. The van der Waals surface area contributed by atoms with Crippen LogP contribution in [0.1, 0.15) is 16.3 Å². The summed E-state index contributed by atoms with van der Waals surface area (Å²) in [7, 11) is 0. The number of anilines is 2. The molecule has 1 saturated heterocycles. The van der Waals surface area contributed by atoms with Crippen LogP contribution in [0.3, 0.4) is 0 Å². The Kier molecular flexibility index (Phi) is 5.34. The second-order valence-electron chi connectivity index (χ2n) is 6.55. The Morgan fingerprint density at radius 3 is 2.82 bits per heavy atom. The molecule has 2 heterocycles. The molecule has 0 radical (unpaired) electrons. The minimum Gasteiger partial charge on any atom is -0.336 e. The predicted molar refractivity (Wildman–Crippen MR) is 111 cm³/mol. The number of carbonyl (C=O) groups is 2. The zero-order valence-electron chi connectivity index (χ0n) is 15.2. The Balaban J connectivity index is 1.36. The standard InChI is InChI=1S/C21H20N4O2S/c26-19(13-17-14-28-20(24-17)11-15-5-2-1-3-6-15)23-16-7-4-8-18(12-16)25-10-9-22-21(25)27/h1-8,12,14H,9-11,13H2,(H,22,27)(H,23,26). The molecule has 0 bridgehead atoms. The topological polar surface area (TPSA) is 74.3 Å². The maximum absolute atomic E-state index is 12.4. The molecule has 1 aliphatic rings. The zero-order chi connectivity index (χ0) is 19.3. The molecule has 3 amide bonds. The number of aromatic nitrogens is 1. The van der Waals surface area contributed by atoms with Gasteiger partial charge in [-0.1, -0.05) is 36.4 Å². The molecule has 3 aromatic rings. The van der Waals surface area contributed by atoms with Crippen LogP contribution in [0.5, 0.6) is 0 Å². The van der Waals surface area contributed by atoms with Crippen molar-refractivity contribution in [2.45, 2.75) is 12.8 Å². The van der Waals surface area contributed by atoms with Crippen LogP contribution < -0.4 is 15.5 Å². The monoisotopic (exact) mass is 392 g/mol. The van der Waals surface area contributed by atoms with Crippen molar-refractivity contribution in [3.63, 3.8) is 0 Å². The van der Waals surface area contributed by atoms with Gasteiger partial charge >= 0.3 is 6.03 Å². The number of amides is 3. The van der Waals surface area contributed by atoms with Gasteiger partial charge in [0.05, 0.1) is 17.1 Å². The third-order valence-electron chi connectivity index (χ3n) is 4.44. The summed E-state index contributed by atoms with van der Waals surface area (Å²) in [5.41, 5.74) is 3.41. The quantitative estimate of drug-likeness (QED) is 0.675. The van der Waals surface area contributed by atoms with Crippen LogP contribution in [0.15, 0.2) is 60.0 Å². The summed E-state index contributed by atoms with van der Waals surface area (Å²) in [4.78, 5) is 30.4. The summed E-state index contributed by atoms with van der Waals surface area (Å²) in [6, 6.07) is 17.4. The van der Waals surface area contributed by atoms with Gasteiger partial charge in [-0.25, -0.2) is 9.78 Å². The first-order chi connectivity index (χ1) is 13.7. The summed E-state index contributed by atoms with van der Waals surface area (Å²) >= 11 is 1.57. The Morgan fingerprint density at radius 2 is 2.04 bits per heavy atom. The lowest BCUT2D eigenvalue weighted by atomic mass is 10.2. The first-order valence-corrected chi connectivity index (χ1v) is 9.98. The van der Waals surface area contributed by atoms with Gasteiger partial charge < -0.3 is 10.6 Å². The smallest absolute Gasteiger partial charge is 0.321 e. The molecule has 1 aromatic heterocycles. The first kappa shape index (κ1) is 18.2. The number of urea groups is 1. The highest BCUT2D eigenvalue weighted by atomic mass is 32.1.